The number of para-hydroxylation sites is 1. The molecule has 0 saturated carbocycles. The van der Waals surface area contributed by atoms with E-state index in [1.807, 2.05) is 6.07 Å². The van der Waals surface area contributed by atoms with Gasteiger partial charge in [0.05, 0.1) is 0 Å². The van der Waals surface area contributed by atoms with Gasteiger partial charge in [0, 0.05) is 23.9 Å². The monoisotopic (exact) mass is 265 g/mol. The van der Waals surface area contributed by atoms with E-state index < -0.39 is 17.1 Å². The zero-order valence-corrected chi connectivity index (χ0v) is 10.3. The minimum atomic E-state index is -0.590. The molecule has 1 unspecified atom stereocenters. The summed E-state index contributed by atoms with van der Waals surface area (Å²) >= 11 is 5.79. The van der Waals surface area contributed by atoms with Crippen molar-refractivity contribution in [2.45, 2.75) is 18.2 Å². The van der Waals surface area contributed by atoms with Crippen molar-refractivity contribution in [2.24, 2.45) is 0 Å². The molecule has 1 aromatic rings. The van der Waals surface area contributed by atoms with E-state index in [2.05, 4.69) is 5.32 Å². The van der Waals surface area contributed by atoms with Crippen LogP contribution in [-0.2, 0) is 9.59 Å². The second kappa shape index (κ2) is 5.23. The van der Waals surface area contributed by atoms with Gasteiger partial charge in [0.2, 0.25) is 0 Å². The van der Waals surface area contributed by atoms with Crippen molar-refractivity contribution in [1.29, 1.82) is 0 Å². The summed E-state index contributed by atoms with van der Waals surface area (Å²) in [5, 5.41) is 11.8. The van der Waals surface area contributed by atoms with Crippen LogP contribution in [0.3, 0.4) is 0 Å². The number of aliphatic hydroxyl groups is 1. The predicted octanol–water partition coefficient (Wildman–Crippen LogP) is 2.41. The summed E-state index contributed by atoms with van der Waals surface area (Å²) in [6, 6.07) is 8.75. The molecule has 1 aliphatic rings. The van der Waals surface area contributed by atoms with E-state index >= 15 is 0 Å². The van der Waals surface area contributed by atoms with Crippen LogP contribution in [-0.4, -0.2) is 22.2 Å². The normalized spacial score (nSPS) is 19.8. The Balaban J connectivity index is 2.19. The lowest BCUT2D eigenvalue weighted by Crippen LogP contribution is -2.28. The number of ketones is 1. The van der Waals surface area contributed by atoms with Gasteiger partial charge in [-0.2, -0.15) is 0 Å². The van der Waals surface area contributed by atoms with Gasteiger partial charge in [-0.15, -0.1) is 11.6 Å². The number of aliphatic hydroxyl groups excluding tert-OH is 1. The summed E-state index contributed by atoms with van der Waals surface area (Å²) in [5.74, 6) is -1.25. The Bertz CT molecular complexity index is 510. The molecule has 0 heterocycles. The van der Waals surface area contributed by atoms with E-state index in [9.17, 15) is 14.7 Å². The molecule has 0 bridgehead atoms. The highest BCUT2D eigenvalue weighted by Gasteiger charge is 2.30. The van der Waals surface area contributed by atoms with E-state index in [-0.39, 0.29) is 24.2 Å². The third-order valence-electron chi connectivity index (χ3n) is 2.65. The molecule has 0 aliphatic heterocycles. The quantitative estimate of drug-likeness (QED) is 0.637. The first-order chi connectivity index (χ1) is 8.58. The largest absolute Gasteiger partial charge is 0.511 e. The summed E-state index contributed by atoms with van der Waals surface area (Å²) in [6.07, 6.45) is 0.216. The molecule has 1 aliphatic carbocycles. The number of alkyl halides is 1. The summed E-state index contributed by atoms with van der Waals surface area (Å²) < 4.78 is 0. The van der Waals surface area contributed by atoms with Crippen LogP contribution in [0, 0.1) is 0 Å². The lowest BCUT2D eigenvalue weighted by molar-refractivity contribution is -0.120. The minimum absolute atomic E-state index is 0.0726. The number of carbonyl (C=O) groups excluding carboxylic acids is 2. The van der Waals surface area contributed by atoms with Gasteiger partial charge in [-0.1, -0.05) is 18.2 Å². The van der Waals surface area contributed by atoms with Gasteiger partial charge in [-0.25, -0.2) is 0 Å². The smallest absolute Gasteiger partial charge is 0.262 e. The van der Waals surface area contributed by atoms with Crippen LogP contribution in [0.25, 0.3) is 0 Å². The highest BCUT2D eigenvalue weighted by atomic mass is 35.5. The molecule has 0 radical (unpaired) electrons. The summed E-state index contributed by atoms with van der Waals surface area (Å²) in [4.78, 5) is 23.6. The Hall–Kier alpha value is -1.81. The Morgan fingerprint density at radius 1 is 1.28 bits per heavy atom. The third-order valence-corrected chi connectivity index (χ3v) is 2.96. The molecule has 1 atom stereocenters. The van der Waals surface area contributed by atoms with E-state index in [0.717, 1.165) is 0 Å². The predicted molar refractivity (Wildman–Crippen MR) is 68.6 cm³/mol. The first-order valence-corrected chi connectivity index (χ1v) is 5.97. The van der Waals surface area contributed by atoms with Gasteiger partial charge in [0.15, 0.2) is 5.78 Å². The molecular weight excluding hydrogens is 254 g/mol. The summed E-state index contributed by atoms with van der Waals surface area (Å²) in [7, 11) is 0. The lowest BCUT2D eigenvalue weighted by Gasteiger charge is -2.18. The lowest BCUT2D eigenvalue weighted by atomic mass is 9.95. The number of Topliss-reactive ketones (excluding diaryl/α,β-unsaturated/α-hetero) is 1. The maximum absolute atomic E-state index is 11.9. The molecule has 1 aromatic carbocycles. The minimum Gasteiger partial charge on any atom is -0.511 e. The maximum atomic E-state index is 11.9. The Morgan fingerprint density at radius 2 is 1.94 bits per heavy atom. The zero-order chi connectivity index (χ0) is 13.1. The first kappa shape index (κ1) is 12.6. The molecule has 2 rings (SSSR count). The van der Waals surface area contributed by atoms with Crippen LogP contribution >= 0.6 is 11.6 Å². The van der Waals surface area contributed by atoms with E-state index in [1.54, 1.807) is 24.3 Å². The van der Waals surface area contributed by atoms with E-state index in [1.165, 1.54) is 0 Å². The molecule has 2 N–H and O–H groups in total. The number of carbonyl (C=O) groups is 2. The first-order valence-electron chi connectivity index (χ1n) is 5.53. The molecule has 0 saturated heterocycles. The molecule has 1 amide bonds. The van der Waals surface area contributed by atoms with Gasteiger partial charge in [0.25, 0.3) is 5.91 Å². The van der Waals surface area contributed by atoms with Crippen molar-refractivity contribution in [3.05, 3.63) is 41.7 Å². The van der Waals surface area contributed by atoms with Gasteiger partial charge >= 0.3 is 0 Å². The number of rotatable bonds is 2. The van der Waals surface area contributed by atoms with Crippen molar-refractivity contribution < 1.29 is 14.7 Å². The number of benzene rings is 1. The standard InChI is InChI=1S/C13H12ClNO3/c14-8-6-10(16)12(11(17)7-8)13(18)15-9-4-2-1-3-5-9/h1-5,8,16H,6-7H2,(H,15,18). The van der Waals surface area contributed by atoms with Crippen LogP contribution in [0.1, 0.15) is 12.8 Å². The average Bonchev–Trinajstić information content (AvgIpc) is 2.28. The molecule has 5 heteroatoms. The Labute approximate surface area is 109 Å². The number of amides is 1. The highest BCUT2D eigenvalue weighted by molar-refractivity contribution is 6.28. The van der Waals surface area contributed by atoms with Crippen molar-refractivity contribution in [3.63, 3.8) is 0 Å². The van der Waals surface area contributed by atoms with Gasteiger partial charge in [-0.3, -0.25) is 9.59 Å². The summed E-state index contributed by atoms with van der Waals surface area (Å²) in [5.41, 5.74) is 0.388. The van der Waals surface area contributed by atoms with Crippen molar-refractivity contribution in [2.75, 3.05) is 5.32 Å². The third kappa shape index (κ3) is 2.71. The zero-order valence-electron chi connectivity index (χ0n) is 9.52. The van der Waals surface area contributed by atoms with Gasteiger partial charge in [0.1, 0.15) is 11.3 Å². The van der Waals surface area contributed by atoms with E-state index in [0.29, 0.717) is 5.69 Å². The van der Waals surface area contributed by atoms with Crippen LogP contribution in [0.5, 0.6) is 0 Å². The SMILES string of the molecule is O=C1CC(Cl)CC(O)=C1C(=O)Nc1ccccc1. The Kier molecular flexibility index (Phi) is 3.67. The van der Waals surface area contributed by atoms with Crippen LogP contribution in [0.15, 0.2) is 41.7 Å². The fourth-order valence-electron chi connectivity index (χ4n) is 1.82. The molecule has 94 valence electrons. The molecule has 18 heavy (non-hydrogen) atoms. The fraction of sp³-hybridized carbons (Fsp3) is 0.231. The Morgan fingerprint density at radius 3 is 2.56 bits per heavy atom. The average molecular weight is 266 g/mol. The second-order valence-corrected chi connectivity index (χ2v) is 4.69. The van der Waals surface area contributed by atoms with Crippen molar-refractivity contribution in [3.8, 4) is 0 Å². The molecule has 0 aromatic heterocycles. The molecule has 4 nitrogen and oxygen atoms in total. The van der Waals surface area contributed by atoms with Crippen LogP contribution in [0.2, 0.25) is 0 Å². The summed E-state index contributed by atoms with van der Waals surface area (Å²) in [6.45, 7) is 0. The number of nitrogens with one attached hydrogen (secondary N) is 1. The number of hydrogen-bond donors (Lipinski definition) is 2. The topological polar surface area (TPSA) is 66.4 Å². The van der Waals surface area contributed by atoms with Gasteiger partial charge < -0.3 is 10.4 Å². The highest BCUT2D eigenvalue weighted by Crippen LogP contribution is 2.25. The number of allylic oxidation sites excluding steroid dienone is 1. The number of halogens is 1. The van der Waals surface area contributed by atoms with Crippen molar-refractivity contribution in [1.82, 2.24) is 0 Å². The fourth-order valence-corrected chi connectivity index (χ4v) is 2.11. The van der Waals surface area contributed by atoms with Crippen molar-refractivity contribution >= 4 is 29.0 Å². The van der Waals surface area contributed by atoms with Crippen LogP contribution < -0.4 is 5.32 Å². The van der Waals surface area contributed by atoms with Gasteiger partial charge in [-0.05, 0) is 12.1 Å². The molecular formula is C13H12ClNO3. The second-order valence-electron chi connectivity index (χ2n) is 4.07. The van der Waals surface area contributed by atoms with E-state index in [4.69, 9.17) is 11.6 Å². The number of hydrogen-bond acceptors (Lipinski definition) is 3. The molecule has 0 spiro atoms. The van der Waals surface area contributed by atoms with Crippen LogP contribution in [0.4, 0.5) is 5.69 Å². The molecule has 0 fully saturated rings. The number of anilines is 1. The maximum Gasteiger partial charge on any atom is 0.262 e.